The maximum absolute atomic E-state index is 6.24. The molecular formula is C14H21NO2. The van der Waals surface area contributed by atoms with E-state index in [1.54, 1.807) is 14.2 Å². The molecule has 1 aromatic carbocycles. The molecule has 0 spiro atoms. The Hall–Kier alpha value is -1.22. The fourth-order valence-electron chi connectivity index (χ4n) is 2.91. The van der Waals surface area contributed by atoms with Crippen molar-refractivity contribution >= 4 is 0 Å². The Morgan fingerprint density at radius 3 is 2.47 bits per heavy atom. The van der Waals surface area contributed by atoms with E-state index in [0.717, 1.165) is 29.9 Å². The van der Waals surface area contributed by atoms with Crippen molar-refractivity contribution in [3.8, 4) is 11.5 Å². The van der Waals surface area contributed by atoms with Crippen molar-refractivity contribution in [2.24, 2.45) is 5.73 Å². The van der Waals surface area contributed by atoms with Crippen LogP contribution in [-0.2, 0) is 0 Å². The molecule has 1 aliphatic rings. The summed E-state index contributed by atoms with van der Waals surface area (Å²) in [7, 11) is 3.35. The number of hydrogen-bond acceptors (Lipinski definition) is 3. The molecular weight excluding hydrogens is 214 g/mol. The Labute approximate surface area is 103 Å². The molecule has 94 valence electrons. The van der Waals surface area contributed by atoms with Crippen LogP contribution in [0.1, 0.15) is 48.4 Å². The van der Waals surface area contributed by atoms with Gasteiger partial charge in [-0.25, -0.2) is 0 Å². The number of methoxy groups -OCH3 is 2. The molecule has 17 heavy (non-hydrogen) atoms. The summed E-state index contributed by atoms with van der Waals surface area (Å²) in [4.78, 5) is 0. The molecule has 3 heteroatoms. The van der Waals surface area contributed by atoms with Crippen LogP contribution in [0.25, 0.3) is 0 Å². The van der Waals surface area contributed by atoms with Crippen LogP contribution >= 0.6 is 0 Å². The summed E-state index contributed by atoms with van der Waals surface area (Å²) in [6, 6.07) is 2.11. The first-order valence-corrected chi connectivity index (χ1v) is 6.11. The molecule has 2 N–H and O–H groups in total. The summed E-state index contributed by atoms with van der Waals surface area (Å²) in [6.07, 6.45) is 2.15. The van der Waals surface area contributed by atoms with Crippen LogP contribution in [0.2, 0.25) is 0 Å². The van der Waals surface area contributed by atoms with E-state index in [-0.39, 0.29) is 6.04 Å². The van der Waals surface area contributed by atoms with Gasteiger partial charge in [-0.3, -0.25) is 0 Å². The van der Waals surface area contributed by atoms with Crippen molar-refractivity contribution < 1.29 is 9.47 Å². The number of rotatable bonds is 2. The Morgan fingerprint density at radius 1 is 1.18 bits per heavy atom. The van der Waals surface area contributed by atoms with E-state index < -0.39 is 0 Å². The van der Waals surface area contributed by atoms with Gasteiger partial charge in [-0.2, -0.15) is 0 Å². The molecule has 0 saturated heterocycles. The number of nitrogens with two attached hydrogens (primary N) is 1. The van der Waals surface area contributed by atoms with Crippen LogP contribution in [0.3, 0.4) is 0 Å². The lowest BCUT2D eigenvalue weighted by atomic mass is 9.78. The molecule has 0 heterocycles. The molecule has 1 unspecified atom stereocenters. The highest BCUT2D eigenvalue weighted by molar-refractivity contribution is 5.57. The highest BCUT2D eigenvalue weighted by Gasteiger charge is 2.29. The Bertz CT molecular complexity index is 429. The van der Waals surface area contributed by atoms with Gasteiger partial charge in [0.2, 0.25) is 0 Å². The van der Waals surface area contributed by atoms with E-state index in [1.807, 2.05) is 6.07 Å². The molecule has 0 aromatic heterocycles. The van der Waals surface area contributed by atoms with Crippen LogP contribution in [0.4, 0.5) is 0 Å². The quantitative estimate of drug-likeness (QED) is 0.857. The van der Waals surface area contributed by atoms with Crippen LogP contribution in [0, 0.1) is 6.92 Å². The number of fused-ring (bicyclic) bond motifs is 1. The first kappa shape index (κ1) is 12.2. The third-order valence-corrected chi connectivity index (χ3v) is 3.73. The standard InChI is InChI=1S/C14H21NO2/c1-8-5-6-10(15)13-12(8)9(2)7-11(16-3)14(13)17-4/h7-8,10H,5-6,15H2,1-4H3/t8?,10-/m1/s1. The number of hydrogen-bond donors (Lipinski definition) is 1. The average Bonchev–Trinajstić information content (AvgIpc) is 2.32. The van der Waals surface area contributed by atoms with E-state index in [1.165, 1.54) is 11.1 Å². The second-order valence-electron chi connectivity index (χ2n) is 4.84. The monoisotopic (exact) mass is 235 g/mol. The first-order valence-electron chi connectivity index (χ1n) is 6.11. The fraction of sp³-hybridized carbons (Fsp3) is 0.571. The lowest BCUT2D eigenvalue weighted by Crippen LogP contribution is -2.21. The van der Waals surface area contributed by atoms with Gasteiger partial charge in [-0.15, -0.1) is 0 Å². The molecule has 0 bridgehead atoms. The van der Waals surface area contributed by atoms with Gasteiger partial charge < -0.3 is 15.2 Å². The van der Waals surface area contributed by atoms with Gasteiger partial charge in [-0.05, 0) is 42.9 Å². The predicted octanol–water partition coefficient (Wildman–Crippen LogP) is 2.91. The van der Waals surface area contributed by atoms with Gasteiger partial charge in [0.25, 0.3) is 0 Å². The molecule has 1 aliphatic carbocycles. The van der Waals surface area contributed by atoms with E-state index >= 15 is 0 Å². The van der Waals surface area contributed by atoms with Gasteiger partial charge >= 0.3 is 0 Å². The lowest BCUT2D eigenvalue weighted by molar-refractivity contribution is 0.343. The zero-order valence-corrected chi connectivity index (χ0v) is 11.0. The summed E-state index contributed by atoms with van der Waals surface area (Å²) >= 11 is 0. The predicted molar refractivity (Wildman–Crippen MR) is 68.9 cm³/mol. The normalized spacial score (nSPS) is 23.1. The van der Waals surface area contributed by atoms with Crippen molar-refractivity contribution in [1.29, 1.82) is 0 Å². The molecule has 0 aliphatic heterocycles. The number of aryl methyl sites for hydroxylation is 1. The molecule has 0 fully saturated rings. The molecule has 2 rings (SSSR count). The van der Waals surface area contributed by atoms with Gasteiger partial charge in [0.05, 0.1) is 14.2 Å². The van der Waals surface area contributed by atoms with Gasteiger partial charge in [0.15, 0.2) is 11.5 Å². The van der Waals surface area contributed by atoms with Crippen molar-refractivity contribution in [2.45, 2.75) is 38.6 Å². The molecule has 3 nitrogen and oxygen atoms in total. The minimum Gasteiger partial charge on any atom is -0.493 e. The third-order valence-electron chi connectivity index (χ3n) is 3.73. The highest BCUT2D eigenvalue weighted by atomic mass is 16.5. The maximum atomic E-state index is 6.24. The smallest absolute Gasteiger partial charge is 0.165 e. The summed E-state index contributed by atoms with van der Waals surface area (Å²) in [5.74, 6) is 2.14. The van der Waals surface area contributed by atoms with Crippen LogP contribution < -0.4 is 15.2 Å². The largest absolute Gasteiger partial charge is 0.493 e. The molecule has 0 radical (unpaired) electrons. The van der Waals surface area contributed by atoms with Crippen LogP contribution in [0.5, 0.6) is 11.5 Å². The van der Waals surface area contributed by atoms with Crippen molar-refractivity contribution in [1.82, 2.24) is 0 Å². The Kier molecular flexibility index (Phi) is 3.29. The second kappa shape index (κ2) is 4.57. The first-order chi connectivity index (χ1) is 8.10. The third kappa shape index (κ3) is 1.89. The fourth-order valence-corrected chi connectivity index (χ4v) is 2.91. The molecule has 0 saturated carbocycles. The van der Waals surface area contributed by atoms with Crippen molar-refractivity contribution in [3.63, 3.8) is 0 Å². The average molecular weight is 235 g/mol. The van der Waals surface area contributed by atoms with Crippen LogP contribution in [-0.4, -0.2) is 14.2 Å². The minimum absolute atomic E-state index is 0.0601. The molecule has 1 aromatic rings. The zero-order chi connectivity index (χ0) is 12.6. The summed E-state index contributed by atoms with van der Waals surface area (Å²) in [5, 5.41) is 0. The van der Waals surface area contributed by atoms with Crippen LogP contribution in [0.15, 0.2) is 6.07 Å². The van der Waals surface area contributed by atoms with Gasteiger partial charge in [-0.1, -0.05) is 6.92 Å². The molecule has 2 atom stereocenters. The number of ether oxygens (including phenoxy) is 2. The Balaban J connectivity index is 2.70. The maximum Gasteiger partial charge on any atom is 0.165 e. The Morgan fingerprint density at radius 2 is 1.88 bits per heavy atom. The topological polar surface area (TPSA) is 44.5 Å². The minimum atomic E-state index is 0.0601. The van der Waals surface area contributed by atoms with Gasteiger partial charge in [0.1, 0.15) is 0 Å². The van der Waals surface area contributed by atoms with Gasteiger partial charge in [0, 0.05) is 11.6 Å². The SMILES string of the molecule is COc1cc(C)c2c(c1OC)[C@H](N)CCC2C. The van der Waals surface area contributed by atoms with Crippen molar-refractivity contribution in [3.05, 3.63) is 22.8 Å². The van der Waals surface area contributed by atoms with E-state index in [9.17, 15) is 0 Å². The lowest BCUT2D eigenvalue weighted by Gasteiger charge is -2.31. The summed E-state index contributed by atoms with van der Waals surface area (Å²) < 4.78 is 10.9. The highest BCUT2D eigenvalue weighted by Crippen LogP contribution is 2.46. The van der Waals surface area contributed by atoms with E-state index in [0.29, 0.717) is 5.92 Å². The summed E-state index contributed by atoms with van der Waals surface area (Å²) in [5.41, 5.74) is 9.98. The second-order valence-corrected chi connectivity index (χ2v) is 4.84. The van der Waals surface area contributed by atoms with E-state index in [4.69, 9.17) is 15.2 Å². The summed E-state index contributed by atoms with van der Waals surface area (Å²) in [6.45, 7) is 4.37. The van der Waals surface area contributed by atoms with Crippen molar-refractivity contribution in [2.75, 3.05) is 14.2 Å². The zero-order valence-electron chi connectivity index (χ0n) is 11.0. The number of benzene rings is 1. The molecule has 0 amide bonds. The van der Waals surface area contributed by atoms with E-state index in [2.05, 4.69) is 13.8 Å².